The van der Waals surface area contributed by atoms with Crippen LogP contribution in [0.1, 0.15) is 16.8 Å². The summed E-state index contributed by atoms with van der Waals surface area (Å²) in [5.74, 6) is 0.759. The van der Waals surface area contributed by atoms with Crippen molar-refractivity contribution in [2.45, 2.75) is 19.9 Å². The van der Waals surface area contributed by atoms with Crippen molar-refractivity contribution in [1.82, 2.24) is 30.6 Å². The number of aromatic nitrogens is 5. The lowest BCUT2D eigenvalue weighted by molar-refractivity contribution is 0.430. The fraction of sp³-hybridized carbons (Fsp3) is 0.211. The Hall–Kier alpha value is -3.10. The summed E-state index contributed by atoms with van der Waals surface area (Å²) in [5.41, 5.74) is 4.34. The molecule has 0 unspecified atom stereocenters. The molecule has 2 N–H and O–H groups in total. The molecule has 0 atom stereocenters. The summed E-state index contributed by atoms with van der Waals surface area (Å²) in [6, 6.07) is 7.21. The summed E-state index contributed by atoms with van der Waals surface area (Å²) in [5, 5.41) is 15.4. The summed E-state index contributed by atoms with van der Waals surface area (Å²) in [7, 11) is 0. The maximum Gasteiger partial charge on any atom is 0.279 e. The first-order valence-corrected chi connectivity index (χ1v) is 8.72. The molecule has 1 aliphatic heterocycles. The first kappa shape index (κ1) is 18.3. The smallest absolute Gasteiger partial charge is 0.279 e. The number of nitrogens with zero attached hydrogens (tertiary/aromatic N) is 4. The lowest BCUT2D eigenvalue weighted by Crippen LogP contribution is -2.24. The number of fused-ring (bicyclic) bond motifs is 2. The molecule has 28 heavy (non-hydrogen) atoms. The summed E-state index contributed by atoms with van der Waals surface area (Å²) >= 11 is 0. The molecule has 0 saturated carbocycles. The molecule has 3 aromatic heterocycles. The lowest BCUT2D eigenvalue weighted by Gasteiger charge is -2.19. The highest BCUT2D eigenvalue weighted by molar-refractivity contribution is 5.91. The van der Waals surface area contributed by atoms with E-state index in [0.717, 1.165) is 36.3 Å². The molecule has 5 rings (SSSR count). The van der Waals surface area contributed by atoms with Crippen LogP contribution < -0.4 is 10.9 Å². The zero-order chi connectivity index (χ0) is 18.4. The Kier molecular flexibility index (Phi) is 4.66. The Morgan fingerprint density at radius 3 is 2.86 bits per heavy atom. The van der Waals surface area contributed by atoms with E-state index in [0.29, 0.717) is 22.3 Å². The van der Waals surface area contributed by atoms with E-state index in [9.17, 15) is 4.79 Å². The number of pyridine rings is 1. The lowest BCUT2D eigenvalue weighted by atomic mass is 9.95. The molecule has 1 aromatic carbocycles. The van der Waals surface area contributed by atoms with Crippen molar-refractivity contribution in [3.05, 3.63) is 57.6 Å². The number of rotatable bonds is 2. The van der Waals surface area contributed by atoms with Crippen molar-refractivity contribution in [1.29, 1.82) is 0 Å². The molecule has 0 amide bonds. The van der Waals surface area contributed by atoms with Gasteiger partial charge in [0.25, 0.3) is 11.4 Å². The number of aryl methyl sites for hydroxylation is 1. The molecule has 8 nitrogen and oxygen atoms in total. The molecule has 4 aromatic rings. The summed E-state index contributed by atoms with van der Waals surface area (Å²) in [4.78, 5) is 21.1. The van der Waals surface area contributed by atoms with Crippen LogP contribution in [0.4, 0.5) is 0 Å². The van der Waals surface area contributed by atoms with Gasteiger partial charge >= 0.3 is 0 Å². The molecule has 4 heterocycles. The highest BCUT2D eigenvalue weighted by Gasteiger charge is 2.22. The van der Waals surface area contributed by atoms with Crippen LogP contribution in [0.2, 0.25) is 0 Å². The van der Waals surface area contributed by atoms with E-state index >= 15 is 0 Å². The van der Waals surface area contributed by atoms with Crippen molar-refractivity contribution in [2.75, 3.05) is 6.54 Å². The van der Waals surface area contributed by atoms with Crippen LogP contribution >= 0.6 is 12.4 Å². The van der Waals surface area contributed by atoms with Crippen LogP contribution in [0, 0.1) is 6.92 Å². The second kappa shape index (κ2) is 7.14. The highest BCUT2D eigenvalue weighted by Crippen LogP contribution is 2.31. The van der Waals surface area contributed by atoms with E-state index in [1.54, 1.807) is 12.1 Å². The SMILES string of the molecule is Cc1ncc2c(c1-c1noc(-c3n[nH]c(=O)c4ccccc34)n1)CCNC2.Cl. The summed E-state index contributed by atoms with van der Waals surface area (Å²) in [6.07, 6.45) is 2.79. The van der Waals surface area contributed by atoms with Crippen LogP contribution in [-0.4, -0.2) is 31.9 Å². The van der Waals surface area contributed by atoms with E-state index < -0.39 is 0 Å². The van der Waals surface area contributed by atoms with E-state index in [1.807, 2.05) is 25.3 Å². The second-order valence-corrected chi connectivity index (χ2v) is 6.52. The highest BCUT2D eigenvalue weighted by atomic mass is 35.5. The Balaban J connectivity index is 0.00000192. The number of benzene rings is 1. The van der Waals surface area contributed by atoms with Gasteiger partial charge < -0.3 is 9.84 Å². The van der Waals surface area contributed by atoms with Gasteiger partial charge in [0.1, 0.15) is 0 Å². The topological polar surface area (TPSA) is 110 Å². The van der Waals surface area contributed by atoms with Gasteiger partial charge in [0.15, 0.2) is 5.69 Å². The van der Waals surface area contributed by atoms with Crippen molar-refractivity contribution >= 4 is 23.2 Å². The third kappa shape index (κ3) is 2.87. The third-order valence-corrected chi connectivity index (χ3v) is 4.88. The monoisotopic (exact) mass is 396 g/mol. The fourth-order valence-electron chi connectivity index (χ4n) is 3.57. The van der Waals surface area contributed by atoms with Crippen molar-refractivity contribution in [2.24, 2.45) is 0 Å². The molecular weight excluding hydrogens is 380 g/mol. The number of hydrogen-bond donors (Lipinski definition) is 2. The van der Waals surface area contributed by atoms with Gasteiger partial charge in [-0.2, -0.15) is 10.1 Å². The Labute approximate surface area is 165 Å². The quantitative estimate of drug-likeness (QED) is 0.535. The van der Waals surface area contributed by atoms with Gasteiger partial charge in [0, 0.05) is 29.4 Å². The first-order chi connectivity index (χ1) is 13.2. The normalized spacial score (nSPS) is 13.2. The van der Waals surface area contributed by atoms with Crippen molar-refractivity contribution in [3.8, 4) is 23.0 Å². The molecular formula is C19H17ClN6O2. The second-order valence-electron chi connectivity index (χ2n) is 6.52. The van der Waals surface area contributed by atoms with E-state index in [1.165, 1.54) is 5.56 Å². The van der Waals surface area contributed by atoms with Gasteiger partial charge in [0.05, 0.1) is 5.39 Å². The van der Waals surface area contributed by atoms with Gasteiger partial charge in [-0.15, -0.1) is 12.4 Å². The summed E-state index contributed by atoms with van der Waals surface area (Å²) < 4.78 is 5.51. The number of halogens is 1. The average Bonchev–Trinajstić information content (AvgIpc) is 3.18. The Morgan fingerprint density at radius 2 is 2.00 bits per heavy atom. The zero-order valence-corrected chi connectivity index (χ0v) is 15.8. The first-order valence-electron chi connectivity index (χ1n) is 8.72. The predicted octanol–water partition coefficient (Wildman–Crippen LogP) is 2.41. The Morgan fingerprint density at radius 1 is 1.18 bits per heavy atom. The molecule has 0 aliphatic carbocycles. The molecule has 0 radical (unpaired) electrons. The maximum absolute atomic E-state index is 12.0. The maximum atomic E-state index is 12.0. The zero-order valence-electron chi connectivity index (χ0n) is 15.0. The minimum atomic E-state index is -0.251. The fourth-order valence-corrected chi connectivity index (χ4v) is 3.57. The van der Waals surface area contributed by atoms with E-state index in [4.69, 9.17) is 4.52 Å². The van der Waals surface area contributed by atoms with Crippen molar-refractivity contribution in [3.63, 3.8) is 0 Å². The number of H-pyrrole nitrogens is 1. The molecule has 0 spiro atoms. The average molecular weight is 397 g/mol. The Bertz CT molecular complexity index is 1230. The third-order valence-electron chi connectivity index (χ3n) is 4.88. The molecule has 142 valence electrons. The predicted molar refractivity (Wildman–Crippen MR) is 106 cm³/mol. The van der Waals surface area contributed by atoms with Gasteiger partial charge in [0.2, 0.25) is 5.82 Å². The molecule has 0 fully saturated rings. The van der Waals surface area contributed by atoms with Gasteiger partial charge in [-0.1, -0.05) is 23.4 Å². The van der Waals surface area contributed by atoms with Crippen LogP contribution in [0.25, 0.3) is 33.7 Å². The standard InChI is InChI=1S/C19H16N6O2.ClH/c1-10-15(12-6-7-20-8-11(12)9-21-10)17-22-19(27-25-17)16-13-4-2-3-5-14(13)18(26)24-23-16;/h2-5,9,20H,6-8H2,1H3,(H,24,26);1H. The number of nitrogens with one attached hydrogen (secondary N) is 2. The van der Waals surface area contributed by atoms with E-state index in [2.05, 4.69) is 30.6 Å². The van der Waals surface area contributed by atoms with Crippen LogP contribution in [0.15, 0.2) is 39.8 Å². The minimum absolute atomic E-state index is 0. The van der Waals surface area contributed by atoms with Crippen molar-refractivity contribution < 1.29 is 4.52 Å². The molecule has 9 heteroatoms. The van der Waals surface area contributed by atoms with Crippen LogP contribution in [0.5, 0.6) is 0 Å². The molecule has 0 bridgehead atoms. The number of aromatic amines is 1. The van der Waals surface area contributed by atoms with Crippen LogP contribution in [-0.2, 0) is 13.0 Å². The van der Waals surface area contributed by atoms with Gasteiger partial charge in [-0.25, -0.2) is 5.10 Å². The number of hydrogen-bond acceptors (Lipinski definition) is 7. The largest absolute Gasteiger partial charge is 0.332 e. The van der Waals surface area contributed by atoms with E-state index in [-0.39, 0.29) is 23.9 Å². The van der Waals surface area contributed by atoms with Gasteiger partial charge in [-0.05, 0) is 37.1 Å². The molecule has 0 saturated heterocycles. The van der Waals surface area contributed by atoms with Gasteiger partial charge in [-0.3, -0.25) is 9.78 Å². The summed E-state index contributed by atoms with van der Waals surface area (Å²) in [6.45, 7) is 3.63. The minimum Gasteiger partial charge on any atom is -0.332 e. The van der Waals surface area contributed by atoms with Crippen LogP contribution in [0.3, 0.4) is 0 Å². The molecule has 1 aliphatic rings.